The molecule has 0 fully saturated rings. The van der Waals surface area contributed by atoms with E-state index >= 15 is 0 Å². The lowest BCUT2D eigenvalue weighted by atomic mass is 10.1. The van der Waals surface area contributed by atoms with Gasteiger partial charge in [0.15, 0.2) is 17.2 Å². The summed E-state index contributed by atoms with van der Waals surface area (Å²) >= 11 is 11.9. The molecule has 0 atom stereocenters. The van der Waals surface area contributed by atoms with E-state index in [0.717, 1.165) is 0 Å². The Hall–Kier alpha value is -2.11. The molecule has 0 amide bonds. The summed E-state index contributed by atoms with van der Waals surface area (Å²) in [6, 6.07) is 8.20. The first-order chi connectivity index (χ1) is 11.5. The van der Waals surface area contributed by atoms with Gasteiger partial charge in [0.25, 0.3) is 0 Å². The van der Waals surface area contributed by atoms with Crippen molar-refractivity contribution in [1.29, 1.82) is 0 Å². The number of methoxy groups -OCH3 is 3. The summed E-state index contributed by atoms with van der Waals surface area (Å²) in [5.74, 6) is 1.09. The van der Waals surface area contributed by atoms with Crippen molar-refractivity contribution in [3.8, 4) is 23.0 Å². The average molecular weight is 371 g/mol. The van der Waals surface area contributed by atoms with Crippen molar-refractivity contribution < 1.29 is 23.7 Å². The molecule has 0 aliphatic rings. The minimum absolute atomic E-state index is 0.000440. The molecule has 2 rings (SSSR count). The Morgan fingerprint density at radius 3 is 2.12 bits per heavy atom. The van der Waals surface area contributed by atoms with Crippen molar-refractivity contribution in [3.05, 3.63) is 45.9 Å². The predicted octanol–water partition coefficient (Wildman–Crippen LogP) is 4.17. The van der Waals surface area contributed by atoms with E-state index in [0.29, 0.717) is 27.8 Å². The number of hydrogen-bond acceptors (Lipinski definition) is 5. The first kappa shape index (κ1) is 18.2. The van der Waals surface area contributed by atoms with Crippen molar-refractivity contribution in [2.45, 2.75) is 6.42 Å². The second-order valence-electron chi connectivity index (χ2n) is 4.74. The van der Waals surface area contributed by atoms with Gasteiger partial charge in [-0.15, -0.1) is 0 Å². The Balaban J connectivity index is 2.21. The maximum Gasteiger partial charge on any atom is 0.315 e. The number of halogens is 2. The Bertz CT molecular complexity index is 721. The smallest absolute Gasteiger partial charge is 0.315 e. The molecule has 0 saturated carbocycles. The van der Waals surface area contributed by atoms with Crippen LogP contribution < -0.4 is 18.9 Å². The zero-order chi connectivity index (χ0) is 17.7. The highest BCUT2D eigenvalue weighted by Gasteiger charge is 2.16. The van der Waals surface area contributed by atoms with Crippen LogP contribution in [0.1, 0.15) is 5.56 Å². The fourth-order valence-electron chi connectivity index (χ4n) is 2.13. The molecule has 0 heterocycles. The maximum absolute atomic E-state index is 12.2. The van der Waals surface area contributed by atoms with Gasteiger partial charge in [0.05, 0.1) is 32.8 Å². The summed E-state index contributed by atoms with van der Waals surface area (Å²) in [5, 5.41) is 0.507. The van der Waals surface area contributed by atoms with E-state index in [-0.39, 0.29) is 17.2 Å². The van der Waals surface area contributed by atoms with Crippen LogP contribution in [0.2, 0.25) is 10.0 Å². The minimum Gasteiger partial charge on any atom is -0.493 e. The number of carbonyl (C=O) groups is 1. The normalized spacial score (nSPS) is 10.2. The number of carbonyl (C=O) groups excluding carboxylic acids is 1. The van der Waals surface area contributed by atoms with E-state index in [1.807, 2.05) is 0 Å². The number of rotatable bonds is 6. The zero-order valence-electron chi connectivity index (χ0n) is 13.4. The van der Waals surface area contributed by atoms with Crippen LogP contribution in [0.15, 0.2) is 30.3 Å². The third-order valence-electron chi connectivity index (χ3n) is 3.21. The topological polar surface area (TPSA) is 54.0 Å². The predicted molar refractivity (Wildman–Crippen MR) is 91.9 cm³/mol. The molecule has 0 aromatic heterocycles. The van der Waals surface area contributed by atoms with E-state index in [1.165, 1.54) is 21.3 Å². The van der Waals surface area contributed by atoms with Crippen LogP contribution in [-0.4, -0.2) is 27.3 Å². The molecular formula is C17H16Cl2O5. The quantitative estimate of drug-likeness (QED) is 0.564. The Morgan fingerprint density at radius 1 is 0.958 bits per heavy atom. The SMILES string of the molecule is COc1cc(CC(=O)Oc2cccc(Cl)c2Cl)cc(OC)c1OC. The maximum atomic E-state index is 12.2. The van der Waals surface area contributed by atoms with Gasteiger partial charge in [-0.2, -0.15) is 0 Å². The lowest BCUT2D eigenvalue weighted by Gasteiger charge is -2.14. The lowest BCUT2D eigenvalue weighted by Crippen LogP contribution is -2.12. The lowest BCUT2D eigenvalue weighted by molar-refractivity contribution is -0.133. The second kappa shape index (κ2) is 8.13. The molecule has 5 nitrogen and oxygen atoms in total. The first-order valence-corrected chi connectivity index (χ1v) is 7.69. The summed E-state index contributed by atoms with van der Waals surface area (Å²) in [7, 11) is 4.52. The highest BCUT2D eigenvalue weighted by Crippen LogP contribution is 2.38. The molecule has 0 unspecified atom stereocenters. The molecule has 0 N–H and O–H groups in total. The van der Waals surface area contributed by atoms with Crippen molar-refractivity contribution in [3.63, 3.8) is 0 Å². The molecule has 0 bridgehead atoms. The van der Waals surface area contributed by atoms with Gasteiger partial charge in [0.2, 0.25) is 5.75 Å². The van der Waals surface area contributed by atoms with Gasteiger partial charge >= 0.3 is 5.97 Å². The Labute approximate surface area is 150 Å². The number of hydrogen-bond donors (Lipinski definition) is 0. The van der Waals surface area contributed by atoms with Crippen LogP contribution in [-0.2, 0) is 11.2 Å². The van der Waals surface area contributed by atoms with E-state index in [2.05, 4.69) is 0 Å². The van der Waals surface area contributed by atoms with Crippen molar-refractivity contribution in [2.24, 2.45) is 0 Å². The van der Waals surface area contributed by atoms with E-state index in [9.17, 15) is 4.79 Å². The molecule has 24 heavy (non-hydrogen) atoms. The molecule has 2 aromatic rings. The fourth-order valence-corrected chi connectivity index (χ4v) is 2.46. The minimum atomic E-state index is -0.492. The molecule has 0 saturated heterocycles. The molecule has 2 aromatic carbocycles. The highest BCUT2D eigenvalue weighted by atomic mass is 35.5. The van der Waals surface area contributed by atoms with Gasteiger partial charge in [-0.1, -0.05) is 29.3 Å². The summed E-state index contributed by atoms with van der Waals surface area (Å²) in [5.41, 5.74) is 0.646. The standard InChI is InChI=1S/C17H16Cl2O5/c1-21-13-7-10(8-14(22-2)17(13)23-3)9-15(20)24-12-6-4-5-11(18)16(12)19/h4-8H,9H2,1-3H3. The zero-order valence-corrected chi connectivity index (χ0v) is 14.9. The molecule has 7 heteroatoms. The van der Waals surface area contributed by atoms with E-state index in [4.69, 9.17) is 42.1 Å². The fraction of sp³-hybridized carbons (Fsp3) is 0.235. The van der Waals surface area contributed by atoms with Crippen LogP contribution in [0, 0.1) is 0 Å². The van der Waals surface area contributed by atoms with E-state index < -0.39 is 5.97 Å². The van der Waals surface area contributed by atoms with Gasteiger partial charge in [-0.05, 0) is 29.8 Å². The van der Waals surface area contributed by atoms with Crippen LogP contribution >= 0.6 is 23.2 Å². The third-order valence-corrected chi connectivity index (χ3v) is 4.01. The molecule has 0 spiro atoms. The Kier molecular flexibility index (Phi) is 6.17. The van der Waals surface area contributed by atoms with Crippen LogP contribution in [0.3, 0.4) is 0 Å². The first-order valence-electron chi connectivity index (χ1n) is 6.93. The van der Waals surface area contributed by atoms with Crippen LogP contribution in [0.4, 0.5) is 0 Å². The molecule has 128 valence electrons. The highest BCUT2D eigenvalue weighted by molar-refractivity contribution is 6.43. The molecule has 0 aliphatic carbocycles. The largest absolute Gasteiger partial charge is 0.493 e. The number of ether oxygens (including phenoxy) is 4. The summed E-state index contributed by atoms with van der Waals surface area (Å²) in [6.45, 7) is 0. The summed E-state index contributed by atoms with van der Waals surface area (Å²) in [4.78, 5) is 12.2. The van der Waals surface area contributed by atoms with Gasteiger partial charge in [-0.25, -0.2) is 0 Å². The van der Waals surface area contributed by atoms with E-state index in [1.54, 1.807) is 30.3 Å². The van der Waals surface area contributed by atoms with Gasteiger partial charge in [0, 0.05) is 0 Å². The van der Waals surface area contributed by atoms with Crippen molar-refractivity contribution >= 4 is 29.2 Å². The monoisotopic (exact) mass is 370 g/mol. The van der Waals surface area contributed by atoms with Crippen molar-refractivity contribution in [1.82, 2.24) is 0 Å². The van der Waals surface area contributed by atoms with Gasteiger partial charge < -0.3 is 18.9 Å². The third kappa shape index (κ3) is 4.04. The molecule has 0 radical (unpaired) electrons. The van der Waals surface area contributed by atoms with Gasteiger partial charge in [-0.3, -0.25) is 4.79 Å². The molecular weight excluding hydrogens is 355 g/mol. The molecule has 0 aliphatic heterocycles. The van der Waals surface area contributed by atoms with Crippen LogP contribution in [0.25, 0.3) is 0 Å². The van der Waals surface area contributed by atoms with Gasteiger partial charge in [0.1, 0.15) is 5.02 Å². The average Bonchev–Trinajstić information content (AvgIpc) is 2.57. The number of esters is 1. The number of benzene rings is 2. The Morgan fingerprint density at radius 2 is 1.58 bits per heavy atom. The summed E-state index contributed by atoms with van der Waals surface area (Å²) < 4.78 is 21.0. The summed E-state index contributed by atoms with van der Waals surface area (Å²) in [6.07, 6.45) is -0.000440. The van der Waals surface area contributed by atoms with Crippen molar-refractivity contribution in [2.75, 3.05) is 21.3 Å². The van der Waals surface area contributed by atoms with Crippen LogP contribution in [0.5, 0.6) is 23.0 Å². The second-order valence-corrected chi connectivity index (χ2v) is 5.52.